The van der Waals surface area contributed by atoms with Gasteiger partial charge in [0, 0.05) is 32.2 Å². The number of anilines is 1. The molecule has 4 nitrogen and oxygen atoms in total. The predicted octanol–water partition coefficient (Wildman–Crippen LogP) is 2.75. The minimum atomic E-state index is -0.114. The van der Waals surface area contributed by atoms with Crippen molar-refractivity contribution >= 4 is 11.7 Å². The molecule has 20 heavy (non-hydrogen) atoms. The highest BCUT2D eigenvalue weighted by Crippen LogP contribution is 2.17. The molecule has 0 saturated heterocycles. The van der Waals surface area contributed by atoms with Crippen LogP contribution < -0.4 is 10.2 Å². The van der Waals surface area contributed by atoms with Gasteiger partial charge >= 0.3 is 5.97 Å². The molecule has 1 rings (SSSR count). The number of benzene rings is 1. The fraction of sp³-hybridized carbons (Fsp3) is 0.562. The van der Waals surface area contributed by atoms with Gasteiger partial charge in [-0.15, -0.1) is 0 Å². The van der Waals surface area contributed by atoms with Crippen molar-refractivity contribution in [1.29, 1.82) is 0 Å². The molecule has 0 aliphatic heterocycles. The maximum absolute atomic E-state index is 11.2. The molecule has 0 heterocycles. The van der Waals surface area contributed by atoms with E-state index >= 15 is 0 Å². The lowest BCUT2D eigenvalue weighted by Crippen LogP contribution is -2.21. The topological polar surface area (TPSA) is 41.6 Å². The average Bonchev–Trinajstić information content (AvgIpc) is 2.43. The molecule has 1 aromatic carbocycles. The molecule has 0 saturated carbocycles. The monoisotopic (exact) mass is 278 g/mol. The number of esters is 1. The van der Waals surface area contributed by atoms with Crippen LogP contribution in [0.5, 0.6) is 0 Å². The van der Waals surface area contributed by atoms with E-state index in [0.29, 0.717) is 13.0 Å². The molecule has 1 atom stereocenters. The molecule has 0 bridgehead atoms. The first-order valence-electron chi connectivity index (χ1n) is 7.21. The lowest BCUT2D eigenvalue weighted by Gasteiger charge is -2.17. The Kier molecular flexibility index (Phi) is 7.09. The van der Waals surface area contributed by atoms with Gasteiger partial charge in [-0.05, 0) is 44.5 Å². The van der Waals surface area contributed by atoms with Gasteiger partial charge in [-0.25, -0.2) is 0 Å². The molecule has 112 valence electrons. The lowest BCUT2D eigenvalue weighted by atomic mass is 10.1. The van der Waals surface area contributed by atoms with Crippen molar-refractivity contribution in [2.45, 2.75) is 32.7 Å². The maximum atomic E-state index is 11.2. The quantitative estimate of drug-likeness (QED) is 0.586. The number of rotatable bonds is 8. The third-order valence-electron chi connectivity index (χ3n) is 3.22. The molecule has 0 aliphatic carbocycles. The van der Waals surface area contributed by atoms with Crippen LogP contribution in [0.4, 0.5) is 5.69 Å². The van der Waals surface area contributed by atoms with Gasteiger partial charge in [0.25, 0.3) is 0 Å². The van der Waals surface area contributed by atoms with Crippen LogP contribution in [-0.2, 0) is 9.53 Å². The standard InChI is InChI=1S/C16H26N2O2/c1-5-20-16(19)7-6-12-17-13(2)14-8-10-15(11-9-14)18(3)4/h8-11,13,17H,5-7,12H2,1-4H3. The largest absolute Gasteiger partial charge is 0.466 e. The first-order valence-corrected chi connectivity index (χ1v) is 7.21. The fourth-order valence-corrected chi connectivity index (χ4v) is 1.96. The summed E-state index contributed by atoms with van der Waals surface area (Å²) in [5.41, 5.74) is 2.45. The Hall–Kier alpha value is -1.55. The van der Waals surface area contributed by atoms with Gasteiger partial charge in [0.15, 0.2) is 0 Å². The molecule has 1 aromatic rings. The minimum absolute atomic E-state index is 0.114. The van der Waals surface area contributed by atoms with Gasteiger partial charge in [0.1, 0.15) is 0 Å². The minimum Gasteiger partial charge on any atom is -0.466 e. The number of hydrogen-bond donors (Lipinski definition) is 1. The molecule has 0 amide bonds. The van der Waals surface area contributed by atoms with Gasteiger partial charge < -0.3 is 15.0 Å². The summed E-state index contributed by atoms with van der Waals surface area (Å²) in [6, 6.07) is 8.79. The Morgan fingerprint density at radius 3 is 2.50 bits per heavy atom. The van der Waals surface area contributed by atoms with E-state index in [4.69, 9.17) is 4.74 Å². The van der Waals surface area contributed by atoms with E-state index in [1.165, 1.54) is 11.3 Å². The molecule has 1 N–H and O–H groups in total. The summed E-state index contributed by atoms with van der Waals surface area (Å²) in [6.45, 7) is 5.24. The van der Waals surface area contributed by atoms with Crippen molar-refractivity contribution in [2.75, 3.05) is 32.1 Å². The summed E-state index contributed by atoms with van der Waals surface area (Å²) in [4.78, 5) is 13.3. The second-order valence-electron chi connectivity index (χ2n) is 5.07. The van der Waals surface area contributed by atoms with Crippen molar-refractivity contribution in [2.24, 2.45) is 0 Å². The van der Waals surface area contributed by atoms with Crippen LogP contribution in [-0.4, -0.2) is 33.2 Å². The van der Waals surface area contributed by atoms with E-state index in [9.17, 15) is 4.79 Å². The van der Waals surface area contributed by atoms with Crippen molar-refractivity contribution in [3.63, 3.8) is 0 Å². The number of ether oxygens (including phenoxy) is 1. The van der Waals surface area contributed by atoms with Crippen LogP contribution >= 0.6 is 0 Å². The number of hydrogen-bond acceptors (Lipinski definition) is 4. The zero-order valence-electron chi connectivity index (χ0n) is 13.0. The lowest BCUT2D eigenvalue weighted by molar-refractivity contribution is -0.143. The van der Waals surface area contributed by atoms with Gasteiger partial charge in [-0.3, -0.25) is 4.79 Å². The summed E-state index contributed by atoms with van der Waals surface area (Å²) < 4.78 is 4.90. The number of carbonyl (C=O) groups excluding carboxylic acids is 1. The van der Waals surface area contributed by atoms with Gasteiger partial charge in [-0.1, -0.05) is 12.1 Å². The summed E-state index contributed by atoms with van der Waals surface area (Å²) in [5, 5.41) is 3.42. The number of nitrogens with zero attached hydrogens (tertiary/aromatic N) is 1. The smallest absolute Gasteiger partial charge is 0.305 e. The second-order valence-corrected chi connectivity index (χ2v) is 5.07. The van der Waals surface area contributed by atoms with Crippen molar-refractivity contribution in [3.8, 4) is 0 Å². The maximum Gasteiger partial charge on any atom is 0.305 e. The van der Waals surface area contributed by atoms with Gasteiger partial charge in [0.2, 0.25) is 0 Å². The second kappa shape index (κ2) is 8.59. The van der Waals surface area contributed by atoms with Crippen molar-refractivity contribution in [1.82, 2.24) is 5.32 Å². The van der Waals surface area contributed by atoms with Crippen LogP contribution in [0.25, 0.3) is 0 Å². The highest BCUT2D eigenvalue weighted by molar-refractivity contribution is 5.69. The first kappa shape index (κ1) is 16.5. The molecule has 0 aromatic heterocycles. The molecule has 0 radical (unpaired) electrons. The predicted molar refractivity (Wildman–Crippen MR) is 83.1 cm³/mol. The van der Waals surface area contributed by atoms with E-state index in [1.807, 2.05) is 21.0 Å². The first-order chi connectivity index (χ1) is 9.54. The third-order valence-corrected chi connectivity index (χ3v) is 3.22. The third kappa shape index (κ3) is 5.61. The summed E-state index contributed by atoms with van der Waals surface area (Å²) in [5.74, 6) is -0.114. The zero-order valence-corrected chi connectivity index (χ0v) is 13.0. The van der Waals surface area contributed by atoms with E-state index in [0.717, 1.165) is 13.0 Å². The van der Waals surface area contributed by atoms with Crippen LogP contribution in [0.15, 0.2) is 24.3 Å². The zero-order chi connectivity index (χ0) is 15.0. The Balaban J connectivity index is 2.32. The fourth-order valence-electron chi connectivity index (χ4n) is 1.96. The normalized spacial score (nSPS) is 12.0. The summed E-state index contributed by atoms with van der Waals surface area (Å²) in [6.07, 6.45) is 1.28. The molecule has 0 fully saturated rings. The van der Waals surface area contributed by atoms with E-state index < -0.39 is 0 Å². The molecule has 4 heteroatoms. The van der Waals surface area contributed by atoms with E-state index in [2.05, 4.69) is 41.4 Å². The molecule has 0 aliphatic rings. The molecular weight excluding hydrogens is 252 g/mol. The van der Waals surface area contributed by atoms with Crippen LogP contribution in [0.2, 0.25) is 0 Å². The van der Waals surface area contributed by atoms with Crippen LogP contribution in [0, 0.1) is 0 Å². The van der Waals surface area contributed by atoms with Crippen molar-refractivity contribution < 1.29 is 9.53 Å². The Morgan fingerprint density at radius 2 is 1.95 bits per heavy atom. The number of carbonyl (C=O) groups is 1. The Labute approximate surface area is 122 Å². The Morgan fingerprint density at radius 1 is 1.30 bits per heavy atom. The van der Waals surface area contributed by atoms with Crippen LogP contribution in [0.3, 0.4) is 0 Å². The Bertz CT molecular complexity index is 401. The molecular formula is C16H26N2O2. The summed E-state index contributed by atoms with van der Waals surface area (Å²) in [7, 11) is 4.07. The average molecular weight is 278 g/mol. The highest BCUT2D eigenvalue weighted by atomic mass is 16.5. The van der Waals surface area contributed by atoms with Crippen LogP contribution in [0.1, 0.15) is 38.3 Å². The molecule has 0 spiro atoms. The van der Waals surface area contributed by atoms with Crippen molar-refractivity contribution in [3.05, 3.63) is 29.8 Å². The van der Waals surface area contributed by atoms with E-state index in [1.54, 1.807) is 0 Å². The van der Waals surface area contributed by atoms with Gasteiger partial charge in [-0.2, -0.15) is 0 Å². The van der Waals surface area contributed by atoms with Gasteiger partial charge in [0.05, 0.1) is 6.61 Å². The summed E-state index contributed by atoms with van der Waals surface area (Å²) >= 11 is 0. The molecule has 1 unspecified atom stereocenters. The SMILES string of the molecule is CCOC(=O)CCCNC(C)c1ccc(N(C)C)cc1. The highest BCUT2D eigenvalue weighted by Gasteiger charge is 2.06. The number of nitrogens with one attached hydrogen (secondary N) is 1. The van der Waals surface area contributed by atoms with E-state index in [-0.39, 0.29) is 12.0 Å².